The molecule has 5 heteroatoms. The average molecular weight is 363 g/mol. The minimum Gasteiger partial charge on any atom is -0.368 e. The molecule has 0 spiro atoms. The van der Waals surface area contributed by atoms with Crippen LogP contribution in [0.4, 0.5) is 5.82 Å². The topological polar surface area (TPSA) is 28.2 Å². The lowest BCUT2D eigenvalue weighted by molar-refractivity contribution is 0.269. The Morgan fingerprint density at radius 1 is 1.41 bits per heavy atom. The number of likely N-dealkylation sites (tertiary alicyclic amines) is 1. The summed E-state index contributed by atoms with van der Waals surface area (Å²) >= 11 is 6.91. The second-order valence-electron chi connectivity index (χ2n) is 4.46. The monoisotopic (exact) mass is 361 g/mol. The third-order valence-corrected chi connectivity index (χ3v) is 4.17. The standard InChI is InChI=1S/C12H17Br2N3/c1-9(17-4-2-3-5-17)7-15-12-11(14)6-10(13)8-16-12/h6,8-9H,2-5,7H2,1H3,(H,15,16). The van der Waals surface area contributed by atoms with Gasteiger partial charge < -0.3 is 5.32 Å². The average Bonchev–Trinajstić information content (AvgIpc) is 2.81. The van der Waals surface area contributed by atoms with Crippen LogP contribution in [0.25, 0.3) is 0 Å². The van der Waals surface area contributed by atoms with Gasteiger partial charge in [0.05, 0.1) is 4.47 Å². The molecule has 2 rings (SSSR count). The van der Waals surface area contributed by atoms with Crippen molar-refractivity contribution >= 4 is 37.7 Å². The molecule has 3 nitrogen and oxygen atoms in total. The lowest BCUT2D eigenvalue weighted by atomic mass is 10.3. The Balaban J connectivity index is 1.88. The van der Waals surface area contributed by atoms with Crippen LogP contribution in [-0.2, 0) is 0 Å². The van der Waals surface area contributed by atoms with Crippen LogP contribution in [0.15, 0.2) is 21.2 Å². The van der Waals surface area contributed by atoms with Gasteiger partial charge in [-0.1, -0.05) is 0 Å². The second kappa shape index (κ2) is 6.16. The first-order chi connectivity index (χ1) is 8.16. The summed E-state index contributed by atoms with van der Waals surface area (Å²) in [6.07, 6.45) is 4.49. The van der Waals surface area contributed by atoms with Crippen molar-refractivity contribution in [3.8, 4) is 0 Å². The fourth-order valence-corrected chi connectivity index (χ4v) is 3.23. The molecule has 1 fully saturated rings. The summed E-state index contributed by atoms with van der Waals surface area (Å²) in [7, 11) is 0. The van der Waals surface area contributed by atoms with Crippen molar-refractivity contribution in [3.63, 3.8) is 0 Å². The maximum atomic E-state index is 4.35. The molecule has 94 valence electrons. The smallest absolute Gasteiger partial charge is 0.140 e. The van der Waals surface area contributed by atoms with E-state index in [1.165, 1.54) is 25.9 Å². The number of hydrogen-bond donors (Lipinski definition) is 1. The van der Waals surface area contributed by atoms with Gasteiger partial charge in [0.25, 0.3) is 0 Å². The van der Waals surface area contributed by atoms with Crippen molar-refractivity contribution < 1.29 is 0 Å². The van der Waals surface area contributed by atoms with Crippen LogP contribution in [0.1, 0.15) is 19.8 Å². The van der Waals surface area contributed by atoms with E-state index < -0.39 is 0 Å². The summed E-state index contributed by atoms with van der Waals surface area (Å²) in [4.78, 5) is 6.88. The number of rotatable bonds is 4. The van der Waals surface area contributed by atoms with Gasteiger partial charge >= 0.3 is 0 Å². The van der Waals surface area contributed by atoms with Gasteiger partial charge in [-0.3, -0.25) is 4.90 Å². The zero-order valence-electron chi connectivity index (χ0n) is 9.92. The van der Waals surface area contributed by atoms with Gasteiger partial charge in [0.2, 0.25) is 0 Å². The lowest BCUT2D eigenvalue weighted by Gasteiger charge is -2.24. The van der Waals surface area contributed by atoms with E-state index in [-0.39, 0.29) is 0 Å². The van der Waals surface area contributed by atoms with E-state index in [1.807, 2.05) is 12.3 Å². The molecule has 0 aromatic carbocycles. The highest BCUT2D eigenvalue weighted by molar-refractivity contribution is 9.11. The molecule has 0 radical (unpaired) electrons. The Hall–Kier alpha value is -0.130. The van der Waals surface area contributed by atoms with Crippen LogP contribution in [0.5, 0.6) is 0 Å². The largest absolute Gasteiger partial charge is 0.368 e. The summed E-state index contributed by atoms with van der Waals surface area (Å²) < 4.78 is 1.99. The lowest BCUT2D eigenvalue weighted by Crippen LogP contribution is -2.35. The minimum absolute atomic E-state index is 0.565. The van der Waals surface area contributed by atoms with E-state index in [1.54, 1.807) is 0 Å². The van der Waals surface area contributed by atoms with Crippen LogP contribution >= 0.6 is 31.9 Å². The molecule has 0 saturated carbocycles. The summed E-state index contributed by atoms with van der Waals surface area (Å²) in [6, 6.07) is 2.57. The molecule has 1 aliphatic rings. The quantitative estimate of drug-likeness (QED) is 0.888. The number of nitrogens with one attached hydrogen (secondary N) is 1. The molecule has 1 saturated heterocycles. The number of anilines is 1. The zero-order valence-corrected chi connectivity index (χ0v) is 13.1. The third kappa shape index (κ3) is 3.66. The number of halogens is 2. The number of hydrogen-bond acceptors (Lipinski definition) is 3. The Labute approximate surface area is 119 Å². The first-order valence-electron chi connectivity index (χ1n) is 5.96. The molecule has 1 atom stereocenters. The van der Waals surface area contributed by atoms with Crippen molar-refractivity contribution in [1.29, 1.82) is 0 Å². The van der Waals surface area contributed by atoms with Gasteiger partial charge in [-0.25, -0.2) is 4.98 Å². The van der Waals surface area contributed by atoms with Gasteiger partial charge in [0.15, 0.2) is 0 Å². The molecule has 17 heavy (non-hydrogen) atoms. The van der Waals surface area contributed by atoms with E-state index in [2.05, 4.69) is 54.0 Å². The number of pyridine rings is 1. The van der Waals surface area contributed by atoms with Gasteiger partial charge in [-0.05, 0) is 70.8 Å². The molecule has 1 aliphatic heterocycles. The van der Waals surface area contributed by atoms with Crippen LogP contribution in [0.3, 0.4) is 0 Å². The highest BCUT2D eigenvalue weighted by Crippen LogP contribution is 2.23. The zero-order chi connectivity index (χ0) is 12.3. The Kier molecular flexibility index (Phi) is 4.82. The predicted octanol–water partition coefficient (Wildman–Crippen LogP) is 3.50. The van der Waals surface area contributed by atoms with E-state index in [0.717, 1.165) is 21.3 Å². The normalized spacial score (nSPS) is 18.3. The number of aromatic nitrogens is 1. The van der Waals surface area contributed by atoms with Gasteiger partial charge in [-0.2, -0.15) is 0 Å². The van der Waals surface area contributed by atoms with Crippen molar-refractivity contribution in [1.82, 2.24) is 9.88 Å². The summed E-state index contributed by atoms with van der Waals surface area (Å²) in [6.45, 7) is 5.67. The van der Waals surface area contributed by atoms with Crippen molar-refractivity contribution in [3.05, 3.63) is 21.2 Å². The SMILES string of the molecule is CC(CNc1ncc(Br)cc1Br)N1CCCC1. The van der Waals surface area contributed by atoms with Crippen molar-refractivity contribution in [2.24, 2.45) is 0 Å². The molecule has 2 heterocycles. The molecule has 1 aromatic rings. The molecule has 1 N–H and O–H groups in total. The fraction of sp³-hybridized carbons (Fsp3) is 0.583. The molecule has 1 unspecified atom stereocenters. The highest BCUT2D eigenvalue weighted by atomic mass is 79.9. The Morgan fingerprint density at radius 3 is 2.76 bits per heavy atom. The Bertz CT molecular complexity index is 378. The van der Waals surface area contributed by atoms with E-state index >= 15 is 0 Å². The fourth-order valence-electron chi connectivity index (χ4n) is 2.10. The maximum Gasteiger partial charge on any atom is 0.140 e. The van der Waals surface area contributed by atoms with Crippen LogP contribution < -0.4 is 5.32 Å². The van der Waals surface area contributed by atoms with Crippen LogP contribution in [-0.4, -0.2) is 35.6 Å². The molecule has 1 aromatic heterocycles. The van der Waals surface area contributed by atoms with Gasteiger partial charge in [-0.15, -0.1) is 0 Å². The third-order valence-electron chi connectivity index (χ3n) is 3.14. The van der Waals surface area contributed by atoms with Crippen LogP contribution in [0.2, 0.25) is 0 Å². The second-order valence-corrected chi connectivity index (χ2v) is 6.23. The van der Waals surface area contributed by atoms with Crippen LogP contribution in [0, 0.1) is 0 Å². The molecule has 0 amide bonds. The maximum absolute atomic E-state index is 4.35. The van der Waals surface area contributed by atoms with Crippen molar-refractivity contribution in [2.75, 3.05) is 25.0 Å². The minimum atomic E-state index is 0.565. The first-order valence-corrected chi connectivity index (χ1v) is 7.54. The van der Waals surface area contributed by atoms with E-state index in [9.17, 15) is 0 Å². The summed E-state index contributed by atoms with van der Waals surface area (Å²) in [5.41, 5.74) is 0. The van der Waals surface area contributed by atoms with E-state index in [0.29, 0.717) is 6.04 Å². The van der Waals surface area contributed by atoms with Gasteiger partial charge in [0, 0.05) is 23.3 Å². The van der Waals surface area contributed by atoms with E-state index in [4.69, 9.17) is 0 Å². The molecular weight excluding hydrogens is 346 g/mol. The summed E-state index contributed by atoms with van der Waals surface area (Å²) in [5.74, 6) is 0.916. The molecule has 0 aliphatic carbocycles. The summed E-state index contributed by atoms with van der Waals surface area (Å²) in [5, 5.41) is 3.40. The number of nitrogens with zero attached hydrogens (tertiary/aromatic N) is 2. The Morgan fingerprint density at radius 2 is 2.12 bits per heavy atom. The first kappa shape index (κ1) is 13.3. The molecule has 0 bridgehead atoms. The predicted molar refractivity (Wildman–Crippen MR) is 78.4 cm³/mol. The highest BCUT2D eigenvalue weighted by Gasteiger charge is 2.17. The van der Waals surface area contributed by atoms with Gasteiger partial charge in [0.1, 0.15) is 5.82 Å². The molecular formula is C12H17Br2N3. The van der Waals surface area contributed by atoms with Crippen molar-refractivity contribution in [2.45, 2.75) is 25.8 Å².